The number of fused-ring (bicyclic) bond motifs is 1. The second-order valence-corrected chi connectivity index (χ2v) is 8.77. The molecule has 212 valence electrons. The molecular weight excluding hydrogens is 555 g/mol. The number of amides is 1. The van der Waals surface area contributed by atoms with E-state index >= 15 is 0 Å². The van der Waals surface area contributed by atoms with Crippen molar-refractivity contribution in [2.45, 2.75) is 43.2 Å². The van der Waals surface area contributed by atoms with Gasteiger partial charge in [-0.05, 0) is 0 Å². The molecular formula is C16H20F3N7O11S. The summed E-state index contributed by atoms with van der Waals surface area (Å²) in [4.78, 5) is 42.9. The first-order valence-electron chi connectivity index (χ1n) is 9.93. The Labute approximate surface area is 209 Å². The van der Waals surface area contributed by atoms with Gasteiger partial charge in [-0.15, -0.1) is 0 Å². The van der Waals surface area contributed by atoms with Gasteiger partial charge in [0.25, 0.3) is 0 Å². The number of imidazole rings is 1. The summed E-state index contributed by atoms with van der Waals surface area (Å²) >= 11 is 0. The maximum absolute atomic E-state index is 11.9. The lowest BCUT2D eigenvalue weighted by molar-refractivity contribution is -0.406. The zero-order chi connectivity index (χ0) is 29.0. The highest BCUT2D eigenvalue weighted by atomic mass is 32.2. The number of rotatable bonds is 8. The van der Waals surface area contributed by atoms with Crippen molar-refractivity contribution in [2.75, 3.05) is 12.3 Å². The predicted octanol–water partition coefficient (Wildman–Crippen LogP) is -5.21. The van der Waals surface area contributed by atoms with Crippen LogP contribution in [0.2, 0.25) is 0 Å². The molecule has 38 heavy (non-hydrogen) atoms. The number of carbonyl (C=O) groups is 3. The fourth-order valence-electron chi connectivity index (χ4n) is 2.83. The molecule has 2 aromatic rings. The van der Waals surface area contributed by atoms with Crippen LogP contribution in [0.25, 0.3) is 11.2 Å². The van der Waals surface area contributed by atoms with Gasteiger partial charge in [-0.2, -0.15) is 21.6 Å². The number of hydrogen-bond donors (Lipinski definition) is 6. The number of alkyl halides is 3. The van der Waals surface area contributed by atoms with Crippen LogP contribution in [-0.4, -0.2) is 98.2 Å². The van der Waals surface area contributed by atoms with Crippen LogP contribution in [0.5, 0.6) is 0 Å². The average molecular weight is 575 g/mol. The molecule has 1 aliphatic rings. The number of halogens is 3. The number of hydrogen-bond acceptors (Lipinski definition) is 14. The number of quaternary nitrogens is 1. The second-order valence-electron chi connectivity index (χ2n) is 7.42. The number of aliphatic hydroxyl groups is 2. The molecule has 22 heteroatoms. The molecule has 3 heterocycles. The Bertz CT molecular complexity index is 1290. The molecule has 9 N–H and O–H groups in total. The molecule has 1 fully saturated rings. The summed E-state index contributed by atoms with van der Waals surface area (Å²) in [6, 6.07) is -1.35. The molecule has 18 nitrogen and oxygen atoms in total. The summed E-state index contributed by atoms with van der Waals surface area (Å²) in [5.41, 5.74) is 9.35. The van der Waals surface area contributed by atoms with Gasteiger partial charge >= 0.3 is 22.4 Å². The lowest BCUT2D eigenvalue weighted by atomic mass is 10.1. The van der Waals surface area contributed by atoms with E-state index in [1.807, 2.05) is 0 Å². The minimum absolute atomic E-state index is 0.0888. The summed E-state index contributed by atoms with van der Waals surface area (Å²) in [7, 11) is -4.64. The largest absolute Gasteiger partial charge is 0.542 e. The number of nitrogens with two attached hydrogens (primary N) is 1. The Kier molecular flexibility index (Phi) is 9.46. The lowest BCUT2D eigenvalue weighted by Crippen LogP contribution is -2.66. The summed E-state index contributed by atoms with van der Waals surface area (Å²) < 4.78 is 68.3. The first-order valence-corrected chi connectivity index (χ1v) is 11.3. The topological polar surface area (TPSA) is 297 Å². The Balaban J connectivity index is 0.000000638. The van der Waals surface area contributed by atoms with Gasteiger partial charge < -0.3 is 41.4 Å². The zero-order valence-electron chi connectivity index (χ0n) is 18.7. The van der Waals surface area contributed by atoms with Gasteiger partial charge in [0.1, 0.15) is 36.1 Å². The number of ether oxygens (including phenoxy) is 1. The fraction of sp³-hybridized carbons (Fsp3) is 0.500. The zero-order valence-corrected chi connectivity index (χ0v) is 19.5. The summed E-state index contributed by atoms with van der Waals surface area (Å²) in [5.74, 6) is -5.44. The van der Waals surface area contributed by atoms with Crippen LogP contribution in [0.4, 0.5) is 19.0 Å². The smallest absolute Gasteiger partial charge is 0.430 e. The minimum atomic E-state index is -5.19. The van der Waals surface area contributed by atoms with Crippen LogP contribution >= 0.6 is 0 Å². The molecule has 0 bridgehead atoms. The maximum atomic E-state index is 11.9. The summed E-state index contributed by atoms with van der Waals surface area (Å²) in [6.45, 7) is -0.756. The Morgan fingerprint density at radius 1 is 1.26 bits per heavy atom. The highest BCUT2D eigenvalue weighted by Crippen LogP contribution is 2.32. The van der Waals surface area contributed by atoms with Gasteiger partial charge in [0.2, 0.25) is 5.91 Å². The third-order valence-corrected chi connectivity index (χ3v) is 5.56. The molecule has 1 amide bonds. The number of carboxylic acids is 2. The number of anilines is 1. The molecule has 2 aromatic heterocycles. The number of aliphatic hydroxyl groups excluding tert-OH is 2. The molecule has 1 saturated heterocycles. The van der Waals surface area contributed by atoms with Crippen LogP contribution in [0.15, 0.2) is 12.7 Å². The number of nitrogens with zero attached hydrogens (tertiary/aromatic N) is 4. The summed E-state index contributed by atoms with van der Waals surface area (Å²) in [6.07, 6.45) is -9.01. The molecule has 1 aliphatic heterocycles. The third-order valence-electron chi connectivity index (χ3n) is 4.64. The molecule has 3 rings (SSSR count). The summed E-state index contributed by atoms with van der Waals surface area (Å²) in [5, 5.41) is 38.0. The SMILES string of the molecule is Nc1ncnc2c1ncn2[C@@H]1O[C@H](COS(=O)(=O)NC(=O)C[C@H]([NH3+])C(=O)O)[C@@H](O)[C@H]1O.O=C([O-])C(F)(F)F. The van der Waals surface area contributed by atoms with E-state index in [0.29, 0.717) is 0 Å². The van der Waals surface area contributed by atoms with E-state index in [-0.39, 0.29) is 17.0 Å². The molecule has 0 saturated carbocycles. The predicted molar refractivity (Wildman–Crippen MR) is 109 cm³/mol. The van der Waals surface area contributed by atoms with Crippen LogP contribution in [0.1, 0.15) is 12.6 Å². The average Bonchev–Trinajstić information content (AvgIpc) is 3.34. The first-order chi connectivity index (χ1) is 17.4. The van der Waals surface area contributed by atoms with Crippen molar-refractivity contribution in [3.8, 4) is 0 Å². The molecule has 0 aromatic carbocycles. The van der Waals surface area contributed by atoms with Crippen LogP contribution in [0, 0.1) is 0 Å². The fourth-order valence-corrected chi connectivity index (χ4v) is 3.57. The van der Waals surface area contributed by atoms with E-state index in [1.165, 1.54) is 21.9 Å². The molecule has 0 radical (unpaired) electrons. The van der Waals surface area contributed by atoms with E-state index in [9.17, 15) is 41.4 Å². The van der Waals surface area contributed by atoms with E-state index in [0.717, 1.165) is 0 Å². The van der Waals surface area contributed by atoms with Crippen molar-refractivity contribution in [3.63, 3.8) is 0 Å². The monoisotopic (exact) mass is 575 g/mol. The quantitative estimate of drug-likeness (QED) is 0.171. The standard InChI is InChI=1S/C14H19N7O9S.C2HF3O2/c15-5(14(25)26)1-7(22)20-31(27,28)29-2-6-9(23)10(24)13(30-6)21-4-19-8-11(16)17-3-18-12(8)21;3-2(4,5)1(6)7/h3-6,9-10,13,23-24H,1-2,15H2,(H,20,22)(H,25,26)(H2,16,17,18);(H,6,7)/t5-,6+,9+,10+,13+;/m0./s1. The highest BCUT2D eigenvalue weighted by Gasteiger charge is 2.45. The highest BCUT2D eigenvalue weighted by molar-refractivity contribution is 7.85. The van der Waals surface area contributed by atoms with Gasteiger partial charge in [0, 0.05) is 0 Å². The second kappa shape index (κ2) is 11.8. The maximum Gasteiger partial charge on any atom is 0.430 e. The molecule has 0 unspecified atom stereocenters. The van der Waals surface area contributed by atoms with Crippen molar-refractivity contribution in [1.29, 1.82) is 0 Å². The Hall–Kier alpha value is -3.70. The van der Waals surface area contributed by atoms with Crippen LogP contribution in [0.3, 0.4) is 0 Å². The number of aromatic nitrogens is 4. The van der Waals surface area contributed by atoms with Crippen molar-refractivity contribution < 1.29 is 71.1 Å². The molecule has 5 atom stereocenters. The van der Waals surface area contributed by atoms with Gasteiger partial charge in [0.05, 0.1) is 19.4 Å². The van der Waals surface area contributed by atoms with Crippen molar-refractivity contribution >= 4 is 45.1 Å². The lowest BCUT2D eigenvalue weighted by Gasteiger charge is -2.16. The minimum Gasteiger partial charge on any atom is -0.542 e. The van der Waals surface area contributed by atoms with E-state index < -0.39 is 77.9 Å². The van der Waals surface area contributed by atoms with Crippen molar-refractivity contribution in [1.82, 2.24) is 24.2 Å². The van der Waals surface area contributed by atoms with Crippen LogP contribution in [-0.2, 0) is 33.6 Å². The van der Waals surface area contributed by atoms with E-state index in [1.54, 1.807) is 0 Å². The Morgan fingerprint density at radius 2 is 1.87 bits per heavy atom. The van der Waals surface area contributed by atoms with Gasteiger partial charge in [-0.3, -0.25) is 13.5 Å². The number of aliphatic carboxylic acids is 2. The third kappa shape index (κ3) is 7.65. The van der Waals surface area contributed by atoms with E-state index in [2.05, 4.69) is 24.9 Å². The molecule has 0 spiro atoms. The van der Waals surface area contributed by atoms with Gasteiger partial charge in [-0.1, -0.05) is 0 Å². The van der Waals surface area contributed by atoms with Gasteiger partial charge in [-0.25, -0.2) is 24.5 Å². The number of carbonyl (C=O) groups excluding carboxylic acids is 2. The van der Waals surface area contributed by atoms with E-state index in [4.69, 9.17) is 25.5 Å². The normalized spacial score (nSPS) is 22.4. The number of carboxylic acid groups (broad SMARTS) is 2. The van der Waals surface area contributed by atoms with Gasteiger partial charge in [0.15, 0.2) is 23.7 Å². The van der Waals surface area contributed by atoms with Crippen LogP contribution < -0.4 is 21.3 Å². The van der Waals surface area contributed by atoms with Crippen molar-refractivity contribution in [3.05, 3.63) is 12.7 Å². The Morgan fingerprint density at radius 3 is 2.42 bits per heavy atom. The molecule has 0 aliphatic carbocycles. The number of nitrogen functional groups attached to an aromatic ring is 1. The van der Waals surface area contributed by atoms with Crippen molar-refractivity contribution in [2.24, 2.45) is 0 Å². The first kappa shape index (κ1) is 30.5. The number of nitrogens with one attached hydrogen (secondary N) is 1.